The predicted molar refractivity (Wildman–Crippen MR) is 64.0 cm³/mol. The number of allylic oxidation sites excluding steroid dienone is 1. The topological polar surface area (TPSA) is 29.5 Å². The minimum Gasteiger partial charge on any atom is -0.389 e. The second kappa shape index (κ2) is 5.83. The van der Waals surface area contributed by atoms with E-state index in [1.54, 1.807) is 0 Å². The number of hydrogen-bond acceptors (Lipinski definition) is 2. The van der Waals surface area contributed by atoms with Crippen molar-refractivity contribution in [2.75, 3.05) is 6.61 Å². The molecule has 86 valence electrons. The molecule has 0 bridgehead atoms. The molecule has 0 aromatic heterocycles. The van der Waals surface area contributed by atoms with Crippen molar-refractivity contribution in [2.45, 2.75) is 25.6 Å². The van der Waals surface area contributed by atoms with Gasteiger partial charge < -0.3 is 9.84 Å². The molecule has 1 aliphatic rings. The molecule has 0 unspecified atom stereocenters. The summed E-state index contributed by atoms with van der Waals surface area (Å²) < 4.78 is 5.66. The molecule has 2 rings (SSSR count). The molecule has 1 aromatic rings. The van der Waals surface area contributed by atoms with E-state index in [1.807, 2.05) is 30.4 Å². The Bertz CT molecular complexity index is 332. The number of ether oxygens (including phenoxy) is 1. The maximum absolute atomic E-state index is 9.45. The SMILES string of the molecule is O[C@@H]1C=CC[C@@H](COCc2ccccc2)C1. The van der Waals surface area contributed by atoms with Gasteiger partial charge >= 0.3 is 0 Å². The second-order valence-corrected chi connectivity index (χ2v) is 4.33. The van der Waals surface area contributed by atoms with Crippen LogP contribution in [0.2, 0.25) is 0 Å². The molecule has 0 fully saturated rings. The minimum absolute atomic E-state index is 0.279. The first-order chi connectivity index (χ1) is 7.84. The number of benzene rings is 1. The highest BCUT2D eigenvalue weighted by Gasteiger charge is 2.15. The van der Waals surface area contributed by atoms with Crippen LogP contribution in [-0.4, -0.2) is 17.8 Å². The Morgan fingerprint density at radius 2 is 2.06 bits per heavy atom. The standard InChI is InChI=1S/C14H18O2/c15-14-8-4-7-13(9-14)11-16-10-12-5-2-1-3-6-12/h1-6,8,13-15H,7,9-11H2/t13-,14-/m1/s1. The zero-order chi connectivity index (χ0) is 11.2. The summed E-state index contributed by atoms with van der Waals surface area (Å²) in [7, 11) is 0. The Morgan fingerprint density at radius 3 is 2.81 bits per heavy atom. The monoisotopic (exact) mass is 218 g/mol. The van der Waals surface area contributed by atoms with E-state index < -0.39 is 0 Å². The maximum Gasteiger partial charge on any atom is 0.0724 e. The maximum atomic E-state index is 9.45. The smallest absolute Gasteiger partial charge is 0.0724 e. The third-order valence-corrected chi connectivity index (χ3v) is 2.87. The molecule has 1 aliphatic carbocycles. The Morgan fingerprint density at radius 1 is 1.25 bits per heavy atom. The summed E-state index contributed by atoms with van der Waals surface area (Å²) in [6.45, 7) is 1.40. The summed E-state index contributed by atoms with van der Waals surface area (Å²) in [5.74, 6) is 0.462. The van der Waals surface area contributed by atoms with Gasteiger partial charge in [-0.25, -0.2) is 0 Å². The lowest BCUT2D eigenvalue weighted by Gasteiger charge is -2.21. The van der Waals surface area contributed by atoms with Crippen molar-refractivity contribution in [3.63, 3.8) is 0 Å². The molecule has 16 heavy (non-hydrogen) atoms. The zero-order valence-electron chi connectivity index (χ0n) is 9.38. The highest BCUT2D eigenvalue weighted by molar-refractivity contribution is 5.13. The first kappa shape index (κ1) is 11.4. The average Bonchev–Trinajstić information content (AvgIpc) is 2.30. The van der Waals surface area contributed by atoms with Crippen molar-refractivity contribution in [1.82, 2.24) is 0 Å². The van der Waals surface area contributed by atoms with Gasteiger partial charge in [0.1, 0.15) is 0 Å². The van der Waals surface area contributed by atoms with Gasteiger partial charge in [-0.05, 0) is 24.3 Å². The van der Waals surface area contributed by atoms with Crippen LogP contribution in [0, 0.1) is 5.92 Å². The molecule has 0 heterocycles. The summed E-state index contributed by atoms with van der Waals surface area (Å²) >= 11 is 0. The lowest BCUT2D eigenvalue weighted by atomic mass is 9.93. The third kappa shape index (κ3) is 3.47. The first-order valence-corrected chi connectivity index (χ1v) is 5.81. The minimum atomic E-state index is -0.279. The predicted octanol–water partition coefficient (Wildman–Crippen LogP) is 2.53. The van der Waals surface area contributed by atoms with E-state index in [0.717, 1.165) is 19.4 Å². The van der Waals surface area contributed by atoms with Crippen molar-refractivity contribution in [3.05, 3.63) is 48.0 Å². The van der Waals surface area contributed by atoms with E-state index in [4.69, 9.17) is 4.74 Å². The lowest BCUT2D eigenvalue weighted by molar-refractivity contribution is 0.0654. The second-order valence-electron chi connectivity index (χ2n) is 4.33. The van der Waals surface area contributed by atoms with Gasteiger partial charge in [-0.15, -0.1) is 0 Å². The Labute approximate surface area is 96.6 Å². The fourth-order valence-electron chi connectivity index (χ4n) is 2.00. The van der Waals surface area contributed by atoms with Crippen LogP contribution >= 0.6 is 0 Å². The molecule has 2 nitrogen and oxygen atoms in total. The molecular weight excluding hydrogens is 200 g/mol. The van der Waals surface area contributed by atoms with Crippen LogP contribution in [0.5, 0.6) is 0 Å². The van der Waals surface area contributed by atoms with Gasteiger partial charge in [-0.2, -0.15) is 0 Å². The molecule has 0 amide bonds. The van der Waals surface area contributed by atoms with E-state index in [-0.39, 0.29) is 6.10 Å². The van der Waals surface area contributed by atoms with E-state index in [0.29, 0.717) is 12.5 Å². The zero-order valence-corrected chi connectivity index (χ0v) is 9.38. The van der Waals surface area contributed by atoms with Crippen LogP contribution in [0.4, 0.5) is 0 Å². The van der Waals surface area contributed by atoms with Crippen LogP contribution in [0.3, 0.4) is 0 Å². The van der Waals surface area contributed by atoms with Gasteiger partial charge in [0.25, 0.3) is 0 Å². The van der Waals surface area contributed by atoms with Crippen molar-refractivity contribution >= 4 is 0 Å². The summed E-state index contributed by atoms with van der Waals surface area (Å²) in [5.41, 5.74) is 1.20. The summed E-state index contributed by atoms with van der Waals surface area (Å²) in [5, 5.41) is 9.45. The van der Waals surface area contributed by atoms with Gasteiger partial charge in [0.05, 0.1) is 19.3 Å². The van der Waals surface area contributed by atoms with Crippen molar-refractivity contribution < 1.29 is 9.84 Å². The van der Waals surface area contributed by atoms with Crippen molar-refractivity contribution in [1.29, 1.82) is 0 Å². The molecular formula is C14H18O2. The Balaban J connectivity index is 1.70. The molecule has 0 saturated carbocycles. The number of aliphatic hydroxyl groups is 1. The quantitative estimate of drug-likeness (QED) is 0.787. The van der Waals surface area contributed by atoms with E-state index >= 15 is 0 Å². The highest BCUT2D eigenvalue weighted by atomic mass is 16.5. The van der Waals surface area contributed by atoms with Crippen molar-refractivity contribution in [2.24, 2.45) is 5.92 Å². The van der Waals surface area contributed by atoms with Gasteiger partial charge in [0, 0.05) is 0 Å². The Kier molecular flexibility index (Phi) is 4.14. The Hall–Kier alpha value is -1.12. The van der Waals surface area contributed by atoms with Crippen molar-refractivity contribution in [3.8, 4) is 0 Å². The van der Waals surface area contributed by atoms with E-state index in [9.17, 15) is 5.11 Å². The van der Waals surface area contributed by atoms with E-state index in [1.165, 1.54) is 5.56 Å². The van der Waals surface area contributed by atoms with Crippen LogP contribution in [-0.2, 0) is 11.3 Å². The normalized spacial score (nSPS) is 24.6. The van der Waals surface area contributed by atoms with Gasteiger partial charge in [-0.1, -0.05) is 42.5 Å². The van der Waals surface area contributed by atoms with Gasteiger partial charge in [0.2, 0.25) is 0 Å². The third-order valence-electron chi connectivity index (χ3n) is 2.87. The van der Waals surface area contributed by atoms with Gasteiger partial charge in [-0.3, -0.25) is 0 Å². The van der Waals surface area contributed by atoms with Crippen LogP contribution in [0.1, 0.15) is 18.4 Å². The summed E-state index contributed by atoms with van der Waals surface area (Å²) in [4.78, 5) is 0. The largest absolute Gasteiger partial charge is 0.389 e. The first-order valence-electron chi connectivity index (χ1n) is 5.81. The number of hydrogen-bond donors (Lipinski definition) is 1. The molecule has 0 aliphatic heterocycles. The molecule has 0 radical (unpaired) electrons. The lowest BCUT2D eigenvalue weighted by Crippen LogP contribution is -2.19. The fraction of sp³-hybridized carbons (Fsp3) is 0.429. The molecule has 1 aromatic carbocycles. The number of rotatable bonds is 4. The molecule has 1 N–H and O–H groups in total. The van der Waals surface area contributed by atoms with Gasteiger partial charge in [0.15, 0.2) is 0 Å². The van der Waals surface area contributed by atoms with Crippen LogP contribution < -0.4 is 0 Å². The van der Waals surface area contributed by atoms with Crippen LogP contribution in [0.15, 0.2) is 42.5 Å². The van der Waals surface area contributed by atoms with E-state index in [2.05, 4.69) is 12.1 Å². The number of aliphatic hydroxyl groups excluding tert-OH is 1. The molecule has 0 spiro atoms. The average molecular weight is 218 g/mol. The summed E-state index contributed by atoms with van der Waals surface area (Å²) in [6, 6.07) is 10.2. The molecule has 2 atom stereocenters. The fourth-order valence-corrected chi connectivity index (χ4v) is 2.00. The molecule has 2 heteroatoms. The molecule has 0 saturated heterocycles. The van der Waals surface area contributed by atoms with Crippen LogP contribution in [0.25, 0.3) is 0 Å². The summed E-state index contributed by atoms with van der Waals surface area (Å²) in [6.07, 6.45) is 5.48. The highest BCUT2D eigenvalue weighted by Crippen LogP contribution is 2.19.